The number of nitrogens with zero attached hydrogens (tertiary/aromatic N) is 3. The van der Waals surface area contributed by atoms with E-state index in [0.717, 1.165) is 25.9 Å². The third-order valence-corrected chi connectivity index (χ3v) is 4.66. The van der Waals surface area contributed by atoms with E-state index in [-0.39, 0.29) is 5.91 Å². The van der Waals surface area contributed by atoms with E-state index >= 15 is 0 Å². The van der Waals surface area contributed by atoms with Crippen LogP contribution in [0.2, 0.25) is 0 Å². The largest absolute Gasteiger partial charge is 0.338 e. The normalized spacial score (nSPS) is 41.1. The van der Waals surface area contributed by atoms with E-state index < -0.39 is 5.41 Å². The summed E-state index contributed by atoms with van der Waals surface area (Å²) in [5.74, 6) is 0.575. The molecule has 0 bridgehead atoms. The number of nitriles is 1. The van der Waals surface area contributed by atoms with Gasteiger partial charge in [0, 0.05) is 25.2 Å². The van der Waals surface area contributed by atoms with E-state index in [1.807, 2.05) is 4.90 Å². The number of rotatable bonds is 1. The van der Waals surface area contributed by atoms with E-state index in [4.69, 9.17) is 0 Å². The van der Waals surface area contributed by atoms with Crippen molar-refractivity contribution in [2.24, 2.45) is 11.3 Å². The second-order valence-corrected chi connectivity index (χ2v) is 6.28. The summed E-state index contributed by atoms with van der Waals surface area (Å²) in [6.07, 6.45) is 1.47. The molecule has 4 heteroatoms. The second-order valence-electron chi connectivity index (χ2n) is 6.28. The summed E-state index contributed by atoms with van der Waals surface area (Å²) in [7, 11) is 2.10. The van der Waals surface area contributed by atoms with Gasteiger partial charge in [-0.2, -0.15) is 5.26 Å². The Balaban J connectivity index is 2.08. The minimum absolute atomic E-state index is 0.0647. The van der Waals surface area contributed by atoms with Crippen molar-refractivity contribution in [1.29, 1.82) is 5.26 Å². The van der Waals surface area contributed by atoms with Crippen molar-refractivity contribution in [3.8, 4) is 6.07 Å². The first-order chi connectivity index (χ1) is 8.39. The quantitative estimate of drug-likeness (QED) is 0.707. The number of hydrogen-bond donors (Lipinski definition) is 0. The molecule has 1 aliphatic heterocycles. The van der Waals surface area contributed by atoms with Crippen molar-refractivity contribution >= 4 is 5.91 Å². The summed E-state index contributed by atoms with van der Waals surface area (Å²) in [5, 5.41) is 9.33. The Labute approximate surface area is 110 Å². The fraction of sp³-hybridized carbons (Fsp3) is 0.857. The molecule has 2 unspecified atom stereocenters. The first-order valence-electron chi connectivity index (χ1n) is 6.82. The van der Waals surface area contributed by atoms with Crippen molar-refractivity contribution in [1.82, 2.24) is 9.80 Å². The Kier molecular flexibility index (Phi) is 3.37. The van der Waals surface area contributed by atoms with Crippen LogP contribution < -0.4 is 0 Å². The molecule has 0 aromatic heterocycles. The number of hydrogen-bond acceptors (Lipinski definition) is 3. The molecule has 0 aromatic rings. The van der Waals surface area contributed by atoms with Crippen molar-refractivity contribution < 1.29 is 4.79 Å². The zero-order valence-electron chi connectivity index (χ0n) is 11.8. The van der Waals surface area contributed by atoms with Gasteiger partial charge in [-0.1, -0.05) is 6.92 Å². The average molecular weight is 249 g/mol. The third-order valence-electron chi connectivity index (χ3n) is 4.66. The Bertz CT molecular complexity index is 369. The maximum Gasteiger partial charge on any atom is 0.243 e. The minimum Gasteiger partial charge on any atom is -0.338 e. The Hall–Kier alpha value is -1.08. The number of piperazine rings is 1. The standard InChI is InChI=1S/C14H23N3O/c1-10-5-14(6-10,9-15)13(18)17-7-11(2)16(4)12(3)8-17/h10-12H,5-8H2,1-4H3. The van der Waals surface area contributed by atoms with E-state index in [1.54, 1.807) is 0 Å². The lowest BCUT2D eigenvalue weighted by molar-refractivity contribution is -0.149. The summed E-state index contributed by atoms with van der Waals surface area (Å²) in [4.78, 5) is 16.8. The van der Waals surface area contributed by atoms with Crippen LogP contribution in [-0.4, -0.2) is 47.9 Å². The van der Waals surface area contributed by atoms with Gasteiger partial charge in [0.2, 0.25) is 5.91 Å². The molecule has 2 aliphatic rings. The molecule has 18 heavy (non-hydrogen) atoms. The lowest BCUT2D eigenvalue weighted by atomic mass is 9.62. The van der Waals surface area contributed by atoms with E-state index in [1.165, 1.54) is 0 Å². The molecule has 1 aliphatic carbocycles. The monoisotopic (exact) mass is 249 g/mol. The Morgan fingerprint density at radius 2 is 1.72 bits per heavy atom. The van der Waals surface area contributed by atoms with Crippen LogP contribution in [-0.2, 0) is 4.79 Å². The molecule has 0 spiro atoms. The van der Waals surface area contributed by atoms with Crippen molar-refractivity contribution in [3.05, 3.63) is 0 Å². The van der Waals surface area contributed by atoms with Crippen LogP contribution in [0.15, 0.2) is 0 Å². The Morgan fingerprint density at radius 3 is 2.11 bits per heavy atom. The lowest BCUT2D eigenvalue weighted by Gasteiger charge is -2.47. The topological polar surface area (TPSA) is 47.3 Å². The smallest absolute Gasteiger partial charge is 0.243 e. The molecule has 2 fully saturated rings. The molecule has 100 valence electrons. The van der Waals surface area contributed by atoms with Gasteiger partial charge in [0.15, 0.2) is 0 Å². The first kappa shape index (κ1) is 13.4. The molecule has 0 aromatic carbocycles. The number of carbonyl (C=O) groups is 1. The van der Waals surface area contributed by atoms with E-state index in [0.29, 0.717) is 18.0 Å². The van der Waals surface area contributed by atoms with Crippen LogP contribution in [0.1, 0.15) is 33.6 Å². The summed E-state index contributed by atoms with van der Waals surface area (Å²) >= 11 is 0. The van der Waals surface area contributed by atoms with Crippen LogP contribution >= 0.6 is 0 Å². The maximum absolute atomic E-state index is 12.6. The summed E-state index contributed by atoms with van der Waals surface area (Å²) < 4.78 is 0. The van der Waals surface area contributed by atoms with Gasteiger partial charge in [0.05, 0.1) is 6.07 Å². The lowest BCUT2D eigenvalue weighted by Crippen LogP contribution is -2.60. The maximum atomic E-state index is 12.6. The van der Waals surface area contributed by atoms with E-state index in [9.17, 15) is 10.1 Å². The summed E-state index contributed by atoms with van der Waals surface area (Å²) in [6, 6.07) is 3.01. The molecule has 1 heterocycles. The number of amides is 1. The first-order valence-corrected chi connectivity index (χ1v) is 6.82. The number of likely N-dealkylation sites (N-methyl/N-ethyl adjacent to an activating group) is 1. The SMILES string of the molecule is CC1CC(C#N)(C(=O)N2CC(C)N(C)C(C)C2)C1. The molecule has 2 rings (SSSR count). The molecule has 1 amide bonds. The minimum atomic E-state index is -0.714. The second kappa shape index (κ2) is 4.55. The van der Waals surface area contributed by atoms with Gasteiger partial charge in [0.1, 0.15) is 5.41 Å². The summed E-state index contributed by atoms with van der Waals surface area (Å²) in [6.45, 7) is 7.88. The number of carbonyl (C=O) groups excluding carboxylic acids is 1. The molecule has 0 N–H and O–H groups in total. The van der Waals surface area contributed by atoms with Gasteiger partial charge in [-0.25, -0.2) is 0 Å². The molecular formula is C14H23N3O. The highest BCUT2D eigenvalue weighted by molar-refractivity contribution is 5.86. The Morgan fingerprint density at radius 1 is 1.22 bits per heavy atom. The van der Waals surface area contributed by atoms with Crippen LogP contribution in [0.25, 0.3) is 0 Å². The fourth-order valence-corrected chi connectivity index (χ4v) is 3.32. The summed E-state index contributed by atoms with van der Waals surface area (Å²) in [5.41, 5.74) is -0.714. The fourth-order valence-electron chi connectivity index (χ4n) is 3.32. The van der Waals surface area contributed by atoms with Gasteiger partial charge >= 0.3 is 0 Å². The van der Waals surface area contributed by atoms with Gasteiger partial charge < -0.3 is 4.90 Å². The van der Waals surface area contributed by atoms with Crippen molar-refractivity contribution in [3.63, 3.8) is 0 Å². The molecule has 4 nitrogen and oxygen atoms in total. The van der Waals surface area contributed by atoms with Crippen LogP contribution in [0.5, 0.6) is 0 Å². The predicted molar refractivity (Wildman–Crippen MR) is 69.7 cm³/mol. The molecule has 1 saturated carbocycles. The van der Waals surface area contributed by atoms with Gasteiger partial charge in [-0.05, 0) is 39.7 Å². The van der Waals surface area contributed by atoms with Crippen molar-refractivity contribution in [2.75, 3.05) is 20.1 Å². The molecule has 1 saturated heterocycles. The van der Waals surface area contributed by atoms with Crippen LogP contribution in [0.4, 0.5) is 0 Å². The highest BCUT2D eigenvalue weighted by atomic mass is 16.2. The highest BCUT2D eigenvalue weighted by Gasteiger charge is 2.51. The highest BCUT2D eigenvalue weighted by Crippen LogP contribution is 2.46. The molecular weight excluding hydrogens is 226 g/mol. The molecule has 2 atom stereocenters. The average Bonchev–Trinajstić information content (AvgIpc) is 2.30. The van der Waals surface area contributed by atoms with Crippen molar-refractivity contribution in [2.45, 2.75) is 45.7 Å². The zero-order valence-corrected chi connectivity index (χ0v) is 11.8. The zero-order chi connectivity index (χ0) is 13.5. The predicted octanol–water partition coefficient (Wildman–Crippen LogP) is 1.48. The molecule has 0 radical (unpaired) electrons. The van der Waals surface area contributed by atoms with E-state index in [2.05, 4.69) is 38.8 Å². The van der Waals surface area contributed by atoms with Crippen LogP contribution in [0, 0.1) is 22.7 Å². The van der Waals surface area contributed by atoms with Gasteiger partial charge in [0.25, 0.3) is 0 Å². The van der Waals surface area contributed by atoms with Gasteiger partial charge in [-0.3, -0.25) is 9.69 Å². The third kappa shape index (κ3) is 2.01. The van der Waals surface area contributed by atoms with Crippen LogP contribution in [0.3, 0.4) is 0 Å². The van der Waals surface area contributed by atoms with Gasteiger partial charge in [-0.15, -0.1) is 0 Å².